The van der Waals surface area contributed by atoms with E-state index in [1.807, 2.05) is 0 Å². The van der Waals surface area contributed by atoms with Crippen molar-refractivity contribution in [2.45, 2.75) is 13.5 Å². The number of benzene rings is 1. The molecule has 0 atom stereocenters. The summed E-state index contributed by atoms with van der Waals surface area (Å²) >= 11 is 5.96. The number of ether oxygens (including phenoxy) is 1. The molecule has 116 valence electrons. The normalized spacial score (nSPS) is 10.3. The van der Waals surface area contributed by atoms with Gasteiger partial charge in [-0.25, -0.2) is 0 Å². The minimum absolute atomic E-state index is 0.251. The zero-order valence-corrected chi connectivity index (χ0v) is 12.6. The second kappa shape index (κ2) is 6.44. The first-order chi connectivity index (χ1) is 10.5. The molecule has 2 aromatic rings. The SMILES string of the molecule is CCn1cc([N+](=O)[O-])c(C(=O)Nc2ccc(OC)c(Cl)c2)n1. The molecule has 0 aliphatic rings. The van der Waals surface area contributed by atoms with Gasteiger partial charge in [-0.2, -0.15) is 5.10 Å². The third kappa shape index (κ3) is 3.17. The van der Waals surface area contributed by atoms with Crippen molar-refractivity contribution >= 4 is 28.9 Å². The number of methoxy groups -OCH3 is 1. The van der Waals surface area contributed by atoms with E-state index < -0.39 is 10.8 Å². The fourth-order valence-corrected chi connectivity index (χ4v) is 2.06. The Bertz CT molecular complexity index is 729. The van der Waals surface area contributed by atoms with E-state index >= 15 is 0 Å². The molecular weight excluding hydrogens is 312 g/mol. The Morgan fingerprint density at radius 2 is 2.27 bits per heavy atom. The summed E-state index contributed by atoms with van der Waals surface area (Å²) in [6.07, 6.45) is 1.22. The number of aryl methyl sites for hydroxylation is 1. The number of carbonyl (C=O) groups excluding carboxylic acids is 1. The predicted molar refractivity (Wildman–Crippen MR) is 80.5 cm³/mol. The van der Waals surface area contributed by atoms with Crippen molar-refractivity contribution in [2.24, 2.45) is 0 Å². The summed E-state index contributed by atoms with van der Waals surface area (Å²) in [7, 11) is 1.47. The first-order valence-electron chi connectivity index (χ1n) is 6.33. The fourth-order valence-electron chi connectivity index (χ4n) is 1.80. The van der Waals surface area contributed by atoms with Crippen LogP contribution in [0.3, 0.4) is 0 Å². The maximum absolute atomic E-state index is 12.2. The molecule has 9 heteroatoms. The van der Waals surface area contributed by atoms with Gasteiger partial charge in [-0.15, -0.1) is 0 Å². The van der Waals surface area contributed by atoms with E-state index in [2.05, 4.69) is 10.4 Å². The van der Waals surface area contributed by atoms with Crippen LogP contribution in [0.1, 0.15) is 17.4 Å². The van der Waals surface area contributed by atoms with Crippen LogP contribution in [0.15, 0.2) is 24.4 Å². The average molecular weight is 325 g/mol. The minimum atomic E-state index is -0.680. The third-order valence-corrected chi connectivity index (χ3v) is 3.18. The highest BCUT2D eigenvalue weighted by Gasteiger charge is 2.25. The van der Waals surface area contributed by atoms with Crippen molar-refractivity contribution < 1.29 is 14.5 Å². The van der Waals surface area contributed by atoms with E-state index in [1.54, 1.807) is 19.1 Å². The summed E-state index contributed by atoms with van der Waals surface area (Å²) < 4.78 is 6.34. The molecule has 0 spiro atoms. The summed E-state index contributed by atoms with van der Waals surface area (Å²) in [5.74, 6) is -0.221. The summed E-state index contributed by atoms with van der Waals surface area (Å²) in [6.45, 7) is 2.18. The molecular formula is C13H13ClN4O4. The molecule has 1 aromatic heterocycles. The van der Waals surface area contributed by atoms with Gasteiger partial charge < -0.3 is 10.1 Å². The smallest absolute Gasteiger partial charge is 0.320 e. The number of rotatable bonds is 5. The highest BCUT2D eigenvalue weighted by atomic mass is 35.5. The molecule has 1 heterocycles. The van der Waals surface area contributed by atoms with Crippen molar-refractivity contribution in [3.05, 3.63) is 45.2 Å². The van der Waals surface area contributed by atoms with E-state index in [9.17, 15) is 14.9 Å². The lowest BCUT2D eigenvalue weighted by molar-refractivity contribution is -0.385. The second-order valence-corrected chi connectivity index (χ2v) is 4.69. The van der Waals surface area contributed by atoms with Crippen LogP contribution in [-0.2, 0) is 6.54 Å². The summed E-state index contributed by atoms with van der Waals surface area (Å²) in [6, 6.07) is 4.64. The van der Waals surface area contributed by atoms with Gasteiger partial charge in [0.25, 0.3) is 5.91 Å². The largest absolute Gasteiger partial charge is 0.495 e. The van der Waals surface area contributed by atoms with Gasteiger partial charge in [-0.05, 0) is 25.1 Å². The highest BCUT2D eigenvalue weighted by molar-refractivity contribution is 6.32. The van der Waals surface area contributed by atoms with Crippen LogP contribution < -0.4 is 10.1 Å². The van der Waals surface area contributed by atoms with Gasteiger partial charge in [0.15, 0.2) is 0 Å². The maximum Gasteiger partial charge on any atom is 0.320 e. The third-order valence-electron chi connectivity index (χ3n) is 2.89. The number of amides is 1. The first-order valence-corrected chi connectivity index (χ1v) is 6.70. The predicted octanol–water partition coefficient (Wildman–Crippen LogP) is 2.73. The van der Waals surface area contributed by atoms with Crippen LogP contribution >= 0.6 is 11.6 Å². The number of anilines is 1. The van der Waals surface area contributed by atoms with E-state index in [4.69, 9.17) is 16.3 Å². The van der Waals surface area contributed by atoms with Gasteiger partial charge in [0.1, 0.15) is 11.9 Å². The molecule has 1 aromatic carbocycles. The Kier molecular flexibility index (Phi) is 4.62. The molecule has 22 heavy (non-hydrogen) atoms. The summed E-state index contributed by atoms with van der Waals surface area (Å²) in [4.78, 5) is 22.5. The fraction of sp³-hybridized carbons (Fsp3) is 0.231. The van der Waals surface area contributed by atoms with Gasteiger partial charge in [0.05, 0.1) is 17.1 Å². The van der Waals surface area contributed by atoms with E-state index in [-0.39, 0.29) is 11.4 Å². The Hall–Kier alpha value is -2.61. The molecule has 0 saturated heterocycles. The molecule has 0 aliphatic heterocycles. The van der Waals surface area contributed by atoms with E-state index in [1.165, 1.54) is 24.1 Å². The van der Waals surface area contributed by atoms with Crippen LogP contribution in [0.4, 0.5) is 11.4 Å². The molecule has 0 unspecified atom stereocenters. The number of carbonyl (C=O) groups is 1. The average Bonchev–Trinajstić information content (AvgIpc) is 2.92. The van der Waals surface area contributed by atoms with Crippen LogP contribution in [-0.4, -0.2) is 27.7 Å². The van der Waals surface area contributed by atoms with Gasteiger partial charge in [-0.1, -0.05) is 11.6 Å². The zero-order chi connectivity index (χ0) is 16.3. The van der Waals surface area contributed by atoms with Crippen molar-refractivity contribution in [1.29, 1.82) is 0 Å². The number of halogens is 1. The number of hydrogen-bond donors (Lipinski definition) is 1. The lowest BCUT2D eigenvalue weighted by Gasteiger charge is -2.06. The number of nitro groups is 1. The zero-order valence-electron chi connectivity index (χ0n) is 11.9. The number of aromatic nitrogens is 2. The quantitative estimate of drug-likeness (QED) is 0.673. The Balaban J connectivity index is 2.27. The van der Waals surface area contributed by atoms with Crippen molar-refractivity contribution in [3.63, 3.8) is 0 Å². The first kappa shape index (κ1) is 15.8. The number of nitrogens with zero attached hydrogens (tertiary/aromatic N) is 3. The molecule has 0 fully saturated rings. The van der Waals surface area contributed by atoms with Gasteiger partial charge >= 0.3 is 5.69 Å². The lowest BCUT2D eigenvalue weighted by Crippen LogP contribution is -2.14. The molecule has 0 radical (unpaired) electrons. The highest BCUT2D eigenvalue weighted by Crippen LogP contribution is 2.27. The summed E-state index contributed by atoms with van der Waals surface area (Å²) in [5, 5.41) is 17.7. The molecule has 1 N–H and O–H groups in total. The van der Waals surface area contributed by atoms with Crippen molar-refractivity contribution in [1.82, 2.24) is 9.78 Å². The molecule has 0 bridgehead atoms. The van der Waals surface area contributed by atoms with Crippen LogP contribution in [0.2, 0.25) is 5.02 Å². The standard InChI is InChI=1S/C13H13ClN4O4/c1-3-17-7-10(18(20)21)12(16-17)13(19)15-8-4-5-11(22-2)9(14)6-8/h4-7H,3H2,1-2H3,(H,15,19). The Morgan fingerprint density at radius 1 is 1.55 bits per heavy atom. The number of nitrogens with one attached hydrogen (secondary N) is 1. The van der Waals surface area contributed by atoms with Gasteiger partial charge in [-0.3, -0.25) is 19.6 Å². The maximum atomic E-state index is 12.2. The Morgan fingerprint density at radius 3 is 2.82 bits per heavy atom. The van der Waals surface area contributed by atoms with E-state index in [0.29, 0.717) is 23.0 Å². The monoisotopic (exact) mass is 324 g/mol. The van der Waals surface area contributed by atoms with Crippen LogP contribution in [0.5, 0.6) is 5.75 Å². The summed E-state index contributed by atoms with van der Waals surface area (Å²) in [5.41, 5.74) is -0.214. The molecule has 1 amide bonds. The lowest BCUT2D eigenvalue weighted by atomic mass is 10.2. The van der Waals surface area contributed by atoms with Crippen molar-refractivity contribution in [3.8, 4) is 5.75 Å². The van der Waals surface area contributed by atoms with Gasteiger partial charge in [0, 0.05) is 12.2 Å². The molecule has 8 nitrogen and oxygen atoms in total. The van der Waals surface area contributed by atoms with Gasteiger partial charge in [0.2, 0.25) is 5.69 Å². The van der Waals surface area contributed by atoms with Crippen molar-refractivity contribution in [2.75, 3.05) is 12.4 Å². The minimum Gasteiger partial charge on any atom is -0.495 e. The topological polar surface area (TPSA) is 99.3 Å². The molecule has 2 rings (SSSR count). The molecule has 0 saturated carbocycles. The van der Waals surface area contributed by atoms with Crippen LogP contribution in [0, 0.1) is 10.1 Å². The molecule has 0 aliphatic carbocycles. The van der Waals surface area contributed by atoms with E-state index in [0.717, 1.165) is 0 Å². The second-order valence-electron chi connectivity index (χ2n) is 4.28. The van der Waals surface area contributed by atoms with Crippen LogP contribution in [0.25, 0.3) is 0 Å². The number of hydrogen-bond acceptors (Lipinski definition) is 5. The Labute approximate surface area is 130 Å².